The minimum absolute atomic E-state index is 0.0496. The van der Waals surface area contributed by atoms with Crippen molar-refractivity contribution < 1.29 is 23.1 Å². The van der Waals surface area contributed by atoms with Crippen LogP contribution < -0.4 is 15.8 Å². The van der Waals surface area contributed by atoms with Crippen LogP contribution >= 0.6 is 0 Å². The number of amides is 2. The maximum atomic E-state index is 11.8. The van der Waals surface area contributed by atoms with Gasteiger partial charge >= 0.3 is 6.61 Å². The number of ether oxygens (including phenoxy) is 1. The molecular formula is C10H10F2N2O3. The fourth-order valence-electron chi connectivity index (χ4n) is 1.06. The molecule has 0 aliphatic carbocycles. The maximum absolute atomic E-state index is 11.8. The van der Waals surface area contributed by atoms with Gasteiger partial charge < -0.3 is 15.8 Å². The topological polar surface area (TPSA) is 81.4 Å². The van der Waals surface area contributed by atoms with Gasteiger partial charge in [0, 0.05) is 5.56 Å². The van der Waals surface area contributed by atoms with Crippen LogP contribution in [0.3, 0.4) is 0 Å². The molecule has 3 N–H and O–H groups in total. The zero-order valence-corrected chi connectivity index (χ0v) is 8.65. The summed E-state index contributed by atoms with van der Waals surface area (Å²) in [4.78, 5) is 21.8. The third-order valence-electron chi connectivity index (χ3n) is 1.76. The van der Waals surface area contributed by atoms with Gasteiger partial charge in [0.05, 0.1) is 6.54 Å². The highest BCUT2D eigenvalue weighted by molar-refractivity contribution is 5.96. The lowest BCUT2D eigenvalue weighted by Crippen LogP contribution is -2.33. The van der Waals surface area contributed by atoms with Crippen LogP contribution in [-0.2, 0) is 4.79 Å². The van der Waals surface area contributed by atoms with Gasteiger partial charge in [-0.05, 0) is 24.3 Å². The summed E-state index contributed by atoms with van der Waals surface area (Å²) in [7, 11) is 0. The molecule has 0 saturated carbocycles. The van der Waals surface area contributed by atoms with Gasteiger partial charge in [0.25, 0.3) is 5.91 Å². The summed E-state index contributed by atoms with van der Waals surface area (Å²) in [6.07, 6.45) is 0. The molecule has 0 fully saturated rings. The predicted octanol–water partition coefficient (Wildman–Crippen LogP) is 0.503. The van der Waals surface area contributed by atoms with Gasteiger partial charge in [0.1, 0.15) is 5.75 Å². The molecule has 0 heterocycles. The van der Waals surface area contributed by atoms with Crippen molar-refractivity contribution in [3.05, 3.63) is 29.8 Å². The first-order chi connectivity index (χ1) is 7.99. The largest absolute Gasteiger partial charge is 0.435 e. The Morgan fingerprint density at radius 1 is 1.29 bits per heavy atom. The van der Waals surface area contributed by atoms with Crippen molar-refractivity contribution in [3.63, 3.8) is 0 Å². The van der Waals surface area contributed by atoms with Crippen LogP contribution in [0, 0.1) is 0 Å². The molecule has 1 rings (SSSR count). The number of halogens is 2. The Bertz CT molecular complexity index is 407. The van der Waals surface area contributed by atoms with E-state index in [0.717, 1.165) is 0 Å². The Hall–Kier alpha value is -2.18. The number of hydrogen-bond donors (Lipinski definition) is 2. The molecule has 92 valence electrons. The number of carbonyl (C=O) groups excluding carboxylic acids is 2. The molecule has 0 unspecified atom stereocenters. The van der Waals surface area contributed by atoms with E-state index in [1.54, 1.807) is 0 Å². The van der Waals surface area contributed by atoms with Gasteiger partial charge in [0.15, 0.2) is 0 Å². The molecule has 5 nitrogen and oxygen atoms in total. The van der Waals surface area contributed by atoms with Crippen molar-refractivity contribution in [1.82, 2.24) is 5.32 Å². The zero-order chi connectivity index (χ0) is 12.8. The predicted molar refractivity (Wildman–Crippen MR) is 54.6 cm³/mol. The van der Waals surface area contributed by atoms with Crippen LogP contribution in [0.15, 0.2) is 24.3 Å². The molecule has 1 aromatic rings. The second-order valence-corrected chi connectivity index (χ2v) is 3.05. The average molecular weight is 244 g/mol. The van der Waals surface area contributed by atoms with Crippen LogP contribution in [0.2, 0.25) is 0 Å². The van der Waals surface area contributed by atoms with E-state index in [4.69, 9.17) is 5.73 Å². The van der Waals surface area contributed by atoms with Gasteiger partial charge in [-0.3, -0.25) is 9.59 Å². The second-order valence-electron chi connectivity index (χ2n) is 3.05. The molecular weight excluding hydrogens is 234 g/mol. The summed E-state index contributed by atoms with van der Waals surface area (Å²) in [6, 6.07) is 5.05. The number of nitrogens with two attached hydrogens (primary N) is 1. The molecule has 0 bridgehead atoms. The maximum Gasteiger partial charge on any atom is 0.387 e. The summed E-state index contributed by atoms with van der Waals surface area (Å²) in [5.41, 5.74) is 5.06. The quantitative estimate of drug-likeness (QED) is 0.791. The Kier molecular flexibility index (Phi) is 4.38. The zero-order valence-electron chi connectivity index (χ0n) is 8.65. The third-order valence-corrected chi connectivity index (χ3v) is 1.76. The molecule has 7 heteroatoms. The number of alkyl halides is 2. The highest BCUT2D eigenvalue weighted by Crippen LogP contribution is 2.14. The molecule has 0 spiro atoms. The number of hydrogen-bond acceptors (Lipinski definition) is 3. The fraction of sp³-hybridized carbons (Fsp3) is 0.200. The number of nitrogens with one attached hydrogen (secondary N) is 1. The molecule has 0 radical (unpaired) electrons. The van der Waals surface area contributed by atoms with Crippen molar-refractivity contribution in [1.29, 1.82) is 0 Å². The van der Waals surface area contributed by atoms with Crippen LogP contribution in [0.1, 0.15) is 10.4 Å². The number of rotatable bonds is 5. The first kappa shape index (κ1) is 12.9. The summed E-state index contributed by atoms with van der Waals surface area (Å²) >= 11 is 0. The van der Waals surface area contributed by atoms with Gasteiger partial charge in [-0.15, -0.1) is 0 Å². The van der Waals surface area contributed by atoms with Crippen molar-refractivity contribution >= 4 is 11.8 Å². The Morgan fingerprint density at radius 3 is 2.35 bits per heavy atom. The molecule has 0 aliphatic heterocycles. The molecule has 0 aromatic heterocycles. The SMILES string of the molecule is NC(=O)CNC(=O)c1ccc(OC(F)F)cc1. The standard InChI is InChI=1S/C10H10F2N2O3/c11-10(12)17-7-3-1-6(2-4-7)9(16)14-5-8(13)15/h1-4,10H,5H2,(H2,13,15)(H,14,16). The summed E-state index contributed by atoms with van der Waals surface area (Å²) in [6.45, 7) is -3.20. The summed E-state index contributed by atoms with van der Waals surface area (Å²) < 4.78 is 27.8. The lowest BCUT2D eigenvalue weighted by molar-refractivity contribution is -0.117. The Labute approximate surface area is 95.5 Å². The van der Waals surface area contributed by atoms with Crippen molar-refractivity contribution in [2.75, 3.05) is 6.54 Å². The van der Waals surface area contributed by atoms with Crippen molar-refractivity contribution in [2.45, 2.75) is 6.61 Å². The van der Waals surface area contributed by atoms with Gasteiger partial charge in [-0.25, -0.2) is 0 Å². The van der Waals surface area contributed by atoms with Gasteiger partial charge in [-0.1, -0.05) is 0 Å². The minimum Gasteiger partial charge on any atom is -0.435 e. The number of primary amides is 1. The van der Waals surface area contributed by atoms with Gasteiger partial charge in [-0.2, -0.15) is 8.78 Å². The molecule has 0 saturated heterocycles. The summed E-state index contributed by atoms with van der Waals surface area (Å²) in [5.74, 6) is -1.24. The summed E-state index contributed by atoms with van der Waals surface area (Å²) in [5, 5.41) is 2.26. The molecule has 0 aliphatic rings. The van der Waals surface area contributed by atoms with Crippen LogP contribution in [-0.4, -0.2) is 25.0 Å². The highest BCUT2D eigenvalue weighted by Gasteiger charge is 2.08. The van der Waals surface area contributed by atoms with Crippen LogP contribution in [0.4, 0.5) is 8.78 Å². The van der Waals surface area contributed by atoms with E-state index < -0.39 is 18.4 Å². The van der Waals surface area contributed by atoms with E-state index >= 15 is 0 Å². The normalized spacial score (nSPS) is 10.1. The smallest absolute Gasteiger partial charge is 0.387 e. The molecule has 1 aromatic carbocycles. The number of carbonyl (C=O) groups is 2. The van der Waals surface area contributed by atoms with E-state index in [1.807, 2.05) is 0 Å². The van der Waals surface area contributed by atoms with Crippen molar-refractivity contribution in [2.24, 2.45) is 5.73 Å². The molecule has 17 heavy (non-hydrogen) atoms. The lowest BCUT2D eigenvalue weighted by Gasteiger charge is -2.05. The average Bonchev–Trinajstić information content (AvgIpc) is 2.26. The van der Waals surface area contributed by atoms with E-state index in [9.17, 15) is 18.4 Å². The Balaban J connectivity index is 2.60. The molecule has 2 amide bonds. The highest BCUT2D eigenvalue weighted by atomic mass is 19.3. The second kappa shape index (κ2) is 5.78. The fourth-order valence-corrected chi connectivity index (χ4v) is 1.06. The van der Waals surface area contributed by atoms with E-state index in [-0.39, 0.29) is 17.9 Å². The van der Waals surface area contributed by atoms with Crippen molar-refractivity contribution in [3.8, 4) is 5.75 Å². The minimum atomic E-state index is -2.91. The first-order valence-corrected chi connectivity index (χ1v) is 4.60. The monoisotopic (exact) mass is 244 g/mol. The van der Waals surface area contributed by atoms with Crippen LogP contribution in [0.25, 0.3) is 0 Å². The van der Waals surface area contributed by atoms with E-state index in [2.05, 4.69) is 10.1 Å². The van der Waals surface area contributed by atoms with E-state index in [0.29, 0.717) is 0 Å². The molecule has 0 atom stereocenters. The first-order valence-electron chi connectivity index (χ1n) is 4.60. The van der Waals surface area contributed by atoms with Gasteiger partial charge in [0.2, 0.25) is 5.91 Å². The van der Waals surface area contributed by atoms with E-state index in [1.165, 1.54) is 24.3 Å². The Morgan fingerprint density at radius 2 is 1.88 bits per heavy atom. The number of benzene rings is 1. The lowest BCUT2D eigenvalue weighted by atomic mass is 10.2. The van der Waals surface area contributed by atoms with Crippen LogP contribution in [0.5, 0.6) is 5.75 Å². The third kappa shape index (κ3) is 4.45.